The average molecular weight is 202 g/mol. The first-order chi connectivity index (χ1) is 5.83. The van der Waals surface area contributed by atoms with Gasteiger partial charge in [-0.05, 0) is 17.5 Å². The minimum atomic E-state index is -0.113. The standard InChI is InChI=1S/C7H8ClN3S/c8-11-3-1-6-5(2-4-12-6)7(11)10-9/h1-4,7,10H,9H2. The van der Waals surface area contributed by atoms with Gasteiger partial charge in [-0.25, -0.2) is 5.43 Å². The number of nitrogens with zero attached hydrogens (tertiary/aromatic N) is 1. The van der Waals surface area contributed by atoms with Crippen LogP contribution in [0.25, 0.3) is 6.08 Å². The van der Waals surface area contributed by atoms with Gasteiger partial charge >= 0.3 is 0 Å². The van der Waals surface area contributed by atoms with Gasteiger partial charge in [0.15, 0.2) is 0 Å². The zero-order valence-electron chi connectivity index (χ0n) is 6.20. The van der Waals surface area contributed by atoms with Crippen LogP contribution in [0.15, 0.2) is 17.6 Å². The maximum atomic E-state index is 5.88. The van der Waals surface area contributed by atoms with Crippen LogP contribution in [0.5, 0.6) is 0 Å². The van der Waals surface area contributed by atoms with Crippen molar-refractivity contribution in [2.75, 3.05) is 0 Å². The molecule has 0 aromatic carbocycles. The Labute approximate surface area is 79.5 Å². The highest BCUT2D eigenvalue weighted by Crippen LogP contribution is 2.32. The molecule has 0 bridgehead atoms. The Morgan fingerprint density at radius 2 is 2.50 bits per heavy atom. The fourth-order valence-electron chi connectivity index (χ4n) is 1.21. The molecule has 1 unspecified atom stereocenters. The third kappa shape index (κ3) is 1.13. The monoisotopic (exact) mass is 201 g/mol. The highest BCUT2D eigenvalue weighted by Gasteiger charge is 2.21. The fourth-order valence-corrected chi connectivity index (χ4v) is 2.25. The molecule has 0 saturated carbocycles. The maximum Gasteiger partial charge on any atom is 0.134 e. The first-order valence-corrected chi connectivity index (χ1v) is 4.70. The van der Waals surface area contributed by atoms with E-state index in [0.29, 0.717) is 0 Å². The highest BCUT2D eigenvalue weighted by atomic mass is 35.5. The summed E-state index contributed by atoms with van der Waals surface area (Å²) in [5.74, 6) is 5.36. The van der Waals surface area contributed by atoms with Crippen LogP contribution in [-0.2, 0) is 0 Å². The van der Waals surface area contributed by atoms with Gasteiger partial charge in [-0.2, -0.15) is 0 Å². The predicted molar refractivity (Wildman–Crippen MR) is 51.1 cm³/mol. The van der Waals surface area contributed by atoms with Crippen molar-refractivity contribution in [3.8, 4) is 0 Å². The number of fused-ring (bicyclic) bond motifs is 1. The lowest BCUT2D eigenvalue weighted by Gasteiger charge is -2.26. The minimum absolute atomic E-state index is 0.113. The molecule has 1 aliphatic rings. The van der Waals surface area contributed by atoms with Crippen molar-refractivity contribution in [3.63, 3.8) is 0 Å². The van der Waals surface area contributed by atoms with Crippen LogP contribution < -0.4 is 11.3 Å². The van der Waals surface area contributed by atoms with Gasteiger partial charge in [0.05, 0.1) is 0 Å². The van der Waals surface area contributed by atoms with E-state index in [2.05, 4.69) is 5.43 Å². The van der Waals surface area contributed by atoms with E-state index in [9.17, 15) is 0 Å². The lowest BCUT2D eigenvalue weighted by atomic mass is 10.1. The van der Waals surface area contributed by atoms with E-state index < -0.39 is 0 Å². The Morgan fingerprint density at radius 3 is 3.25 bits per heavy atom. The predicted octanol–water partition coefficient (Wildman–Crippen LogP) is 1.65. The molecule has 3 N–H and O–H groups in total. The molecule has 0 spiro atoms. The van der Waals surface area contributed by atoms with E-state index in [1.807, 2.05) is 17.5 Å². The van der Waals surface area contributed by atoms with E-state index in [1.54, 1.807) is 17.5 Å². The molecule has 0 radical (unpaired) electrons. The zero-order valence-corrected chi connectivity index (χ0v) is 7.77. The molecule has 0 fully saturated rings. The summed E-state index contributed by atoms with van der Waals surface area (Å²) in [6.45, 7) is 0. The molecule has 2 heterocycles. The maximum absolute atomic E-state index is 5.88. The van der Waals surface area contributed by atoms with Crippen molar-refractivity contribution in [2.24, 2.45) is 5.84 Å². The molecule has 0 aliphatic carbocycles. The van der Waals surface area contributed by atoms with Crippen LogP contribution in [0, 0.1) is 0 Å². The Hall–Kier alpha value is -0.550. The smallest absolute Gasteiger partial charge is 0.134 e. The molecule has 5 heteroatoms. The molecule has 64 valence electrons. The van der Waals surface area contributed by atoms with Crippen LogP contribution in [0.2, 0.25) is 0 Å². The van der Waals surface area contributed by atoms with Crippen molar-refractivity contribution >= 4 is 29.2 Å². The molecule has 1 aromatic heterocycles. The van der Waals surface area contributed by atoms with Gasteiger partial charge in [0.1, 0.15) is 6.17 Å². The highest BCUT2D eigenvalue weighted by molar-refractivity contribution is 7.11. The van der Waals surface area contributed by atoms with Gasteiger partial charge in [-0.15, -0.1) is 11.3 Å². The fraction of sp³-hybridized carbons (Fsp3) is 0.143. The number of hydrazine groups is 1. The van der Waals surface area contributed by atoms with Crippen LogP contribution in [0.3, 0.4) is 0 Å². The molecule has 3 nitrogen and oxygen atoms in total. The summed E-state index contributed by atoms with van der Waals surface area (Å²) in [6.07, 6.45) is 3.66. The zero-order chi connectivity index (χ0) is 8.55. The summed E-state index contributed by atoms with van der Waals surface area (Å²) in [6, 6.07) is 2.02. The Balaban J connectivity index is 2.42. The summed E-state index contributed by atoms with van der Waals surface area (Å²) in [5.41, 5.74) is 3.77. The van der Waals surface area contributed by atoms with Crippen molar-refractivity contribution in [1.29, 1.82) is 0 Å². The Morgan fingerprint density at radius 1 is 1.67 bits per heavy atom. The van der Waals surface area contributed by atoms with E-state index in [-0.39, 0.29) is 6.17 Å². The van der Waals surface area contributed by atoms with Gasteiger partial charge in [0, 0.05) is 28.4 Å². The molecule has 1 atom stereocenters. The van der Waals surface area contributed by atoms with E-state index >= 15 is 0 Å². The van der Waals surface area contributed by atoms with Crippen LogP contribution in [0.4, 0.5) is 0 Å². The third-order valence-electron chi connectivity index (χ3n) is 1.79. The molecule has 1 aromatic rings. The van der Waals surface area contributed by atoms with Crippen LogP contribution in [-0.4, -0.2) is 4.42 Å². The second kappa shape index (κ2) is 3.06. The van der Waals surface area contributed by atoms with Gasteiger partial charge < -0.3 is 0 Å². The lowest BCUT2D eigenvalue weighted by Crippen LogP contribution is -2.36. The number of halogens is 1. The first kappa shape index (κ1) is 8.07. The molecule has 2 rings (SSSR count). The first-order valence-electron chi connectivity index (χ1n) is 3.49. The third-order valence-corrected chi connectivity index (χ3v) is 3.00. The Kier molecular flexibility index (Phi) is 2.06. The largest absolute Gasteiger partial charge is 0.270 e. The minimum Gasteiger partial charge on any atom is -0.270 e. The number of nitrogens with one attached hydrogen (secondary N) is 1. The molecule has 1 aliphatic heterocycles. The number of rotatable bonds is 1. The van der Waals surface area contributed by atoms with Gasteiger partial charge in [-0.1, -0.05) is 0 Å². The molecule has 12 heavy (non-hydrogen) atoms. The van der Waals surface area contributed by atoms with Crippen molar-refractivity contribution in [1.82, 2.24) is 9.84 Å². The molecule has 0 amide bonds. The van der Waals surface area contributed by atoms with Crippen LogP contribution in [0.1, 0.15) is 16.6 Å². The number of nitrogens with two attached hydrogens (primary N) is 1. The van der Waals surface area contributed by atoms with Gasteiger partial charge in [-0.3, -0.25) is 10.3 Å². The van der Waals surface area contributed by atoms with Gasteiger partial charge in [0.25, 0.3) is 0 Å². The van der Waals surface area contributed by atoms with Crippen molar-refractivity contribution in [3.05, 3.63) is 28.1 Å². The molecule has 0 saturated heterocycles. The van der Waals surface area contributed by atoms with E-state index in [4.69, 9.17) is 17.6 Å². The SMILES string of the molecule is NNC1c2ccsc2C=CN1Cl. The Bertz CT molecular complexity index is 309. The van der Waals surface area contributed by atoms with Crippen LogP contribution >= 0.6 is 23.1 Å². The summed E-state index contributed by atoms with van der Waals surface area (Å²) >= 11 is 7.55. The summed E-state index contributed by atoms with van der Waals surface area (Å²) in [4.78, 5) is 1.20. The second-order valence-corrected chi connectivity index (χ2v) is 3.81. The number of hydrogen-bond acceptors (Lipinski definition) is 4. The number of hydrogen-bond donors (Lipinski definition) is 2. The van der Waals surface area contributed by atoms with E-state index in [0.717, 1.165) is 5.56 Å². The van der Waals surface area contributed by atoms with E-state index in [1.165, 1.54) is 9.30 Å². The average Bonchev–Trinajstić information content (AvgIpc) is 2.52. The quantitative estimate of drug-likeness (QED) is 0.413. The molecular weight excluding hydrogens is 194 g/mol. The summed E-state index contributed by atoms with van der Waals surface area (Å²) in [7, 11) is 0. The molecular formula is C7H8ClN3S. The van der Waals surface area contributed by atoms with Gasteiger partial charge in [0.2, 0.25) is 0 Å². The van der Waals surface area contributed by atoms with Crippen molar-refractivity contribution in [2.45, 2.75) is 6.17 Å². The normalized spacial score (nSPS) is 21.2. The van der Waals surface area contributed by atoms with Crippen molar-refractivity contribution < 1.29 is 0 Å². The summed E-state index contributed by atoms with van der Waals surface area (Å²) < 4.78 is 1.52. The lowest BCUT2D eigenvalue weighted by molar-refractivity contribution is 0.368. The topological polar surface area (TPSA) is 41.3 Å². The summed E-state index contributed by atoms with van der Waals surface area (Å²) in [5, 5.41) is 2.02. The second-order valence-electron chi connectivity index (χ2n) is 2.47. The number of thiophene rings is 1.